The molecule has 0 atom stereocenters. The first kappa shape index (κ1) is 15.8. The molecular formula is C15H19NO4. The van der Waals surface area contributed by atoms with Gasteiger partial charge in [-0.15, -0.1) is 0 Å². The van der Waals surface area contributed by atoms with Crippen LogP contribution in [0.15, 0.2) is 35.5 Å². The van der Waals surface area contributed by atoms with Gasteiger partial charge in [0.1, 0.15) is 11.3 Å². The lowest BCUT2D eigenvalue weighted by Gasteiger charge is -2.18. The van der Waals surface area contributed by atoms with Crippen molar-refractivity contribution in [1.29, 1.82) is 0 Å². The summed E-state index contributed by atoms with van der Waals surface area (Å²) < 4.78 is 5.02. The summed E-state index contributed by atoms with van der Waals surface area (Å²) in [5.41, 5.74) is 0.636. The first-order valence-corrected chi connectivity index (χ1v) is 6.24. The fraction of sp³-hybridized carbons (Fsp3) is 0.333. The van der Waals surface area contributed by atoms with Crippen LogP contribution < -0.4 is 4.74 Å². The number of benzene rings is 1. The van der Waals surface area contributed by atoms with E-state index in [0.717, 1.165) is 0 Å². The molecule has 1 rings (SSSR count). The summed E-state index contributed by atoms with van der Waals surface area (Å²) in [6, 6.07) is 6.39. The van der Waals surface area contributed by atoms with E-state index in [9.17, 15) is 14.7 Å². The van der Waals surface area contributed by atoms with Crippen molar-refractivity contribution in [3.05, 3.63) is 41.1 Å². The highest BCUT2D eigenvalue weighted by atomic mass is 16.5. The lowest BCUT2D eigenvalue weighted by Crippen LogP contribution is -2.22. The minimum Gasteiger partial charge on any atom is -0.497 e. The van der Waals surface area contributed by atoms with Gasteiger partial charge in [0.2, 0.25) is 5.78 Å². The normalized spacial score (nSPS) is 11.6. The number of methoxy groups -OCH3 is 1. The Morgan fingerprint density at radius 3 is 2.10 bits per heavy atom. The SMILES string of the molecule is CCC(=C(C(=O)O)C(=O)c1ccc(OC)cc1)N(C)C. The molecule has 1 aromatic rings. The van der Waals surface area contributed by atoms with Crippen LogP contribution in [0.5, 0.6) is 5.75 Å². The highest BCUT2D eigenvalue weighted by Crippen LogP contribution is 2.19. The third-order valence-electron chi connectivity index (χ3n) is 2.96. The average molecular weight is 277 g/mol. The Morgan fingerprint density at radius 2 is 1.75 bits per heavy atom. The van der Waals surface area contributed by atoms with Gasteiger partial charge in [-0.05, 0) is 30.7 Å². The first-order chi connectivity index (χ1) is 9.42. The summed E-state index contributed by atoms with van der Waals surface area (Å²) in [7, 11) is 4.98. The number of ketones is 1. The molecule has 0 aliphatic rings. The molecule has 0 heterocycles. The van der Waals surface area contributed by atoms with E-state index >= 15 is 0 Å². The Kier molecular flexibility index (Phi) is 5.32. The van der Waals surface area contributed by atoms with E-state index in [1.54, 1.807) is 43.3 Å². The number of carbonyl (C=O) groups excluding carboxylic acids is 1. The van der Waals surface area contributed by atoms with Gasteiger partial charge < -0.3 is 14.7 Å². The van der Waals surface area contributed by atoms with Crippen LogP contribution in [0.1, 0.15) is 23.7 Å². The smallest absolute Gasteiger partial charge is 0.341 e. The number of hydrogen-bond donors (Lipinski definition) is 1. The second-order valence-electron chi connectivity index (χ2n) is 4.43. The predicted octanol–water partition coefficient (Wildman–Crippen LogP) is 2.19. The molecule has 0 saturated heterocycles. The van der Waals surface area contributed by atoms with Crippen molar-refractivity contribution in [2.75, 3.05) is 21.2 Å². The topological polar surface area (TPSA) is 66.8 Å². The lowest BCUT2D eigenvalue weighted by molar-refractivity contribution is -0.132. The van der Waals surface area contributed by atoms with Gasteiger partial charge >= 0.3 is 5.97 Å². The molecule has 1 N–H and O–H groups in total. The molecule has 5 nitrogen and oxygen atoms in total. The van der Waals surface area contributed by atoms with Crippen molar-refractivity contribution in [1.82, 2.24) is 4.90 Å². The Bertz CT molecular complexity index is 529. The Hall–Kier alpha value is -2.30. The van der Waals surface area contributed by atoms with Gasteiger partial charge in [-0.2, -0.15) is 0 Å². The van der Waals surface area contributed by atoms with Crippen molar-refractivity contribution in [2.24, 2.45) is 0 Å². The van der Waals surface area contributed by atoms with Crippen LogP contribution >= 0.6 is 0 Å². The lowest BCUT2D eigenvalue weighted by atomic mass is 10.00. The number of allylic oxidation sites excluding steroid dienone is 1. The van der Waals surface area contributed by atoms with Crippen molar-refractivity contribution < 1.29 is 19.4 Å². The largest absolute Gasteiger partial charge is 0.497 e. The highest BCUT2D eigenvalue weighted by molar-refractivity contribution is 6.24. The molecule has 0 saturated carbocycles. The maximum Gasteiger partial charge on any atom is 0.341 e. The van der Waals surface area contributed by atoms with Crippen molar-refractivity contribution in [3.8, 4) is 5.75 Å². The van der Waals surface area contributed by atoms with E-state index < -0.39 is 11.8 Å². The summed E-state index contributed by atoms with van der Waals surface area (Å²) >= 11 is 0. The fourth-order valence-corrected chi connectivity index (χ4v) is 1.95. The Morgan fingerprint density at radius 1 is 1.20 bits per heavy atom. The Balaban J connectivity index is 3.27. The van der Waals surface area contributed by atoms with Crippen LogP contribution in [0.25, 0.3) is 0 Å². The molecule has 0 radical (unpaired) electrons. The van der Waals surface area contributed by atoms with Crippen LogP contribution in [0.2, 0.25) is 0 Å². The molecule has 1 aromatic carbocycles. The first-order valence-electron chi connectivity index (χ1n) is 6.24. The molecule has 0 aliphatic heterocycles. The summed E-state index contributed by atoms with van der Waals surface area (Å²) in [5, 5.41) is 9.33. The molecule has 0 aromatic heterocycles. The van der Waals surface area contributed by atoms with Gasteiger partial charge in [-0.25, -0.2) is 4.79 Å². The van der Waals surface area contributed by atoms with Crippen molar-refractivity contribution in [3.63, 3.8) is 0 Å². The second-order valence-corrected chi connectivity index (χ2v) is 4.43. The quantitative estimate of drug-likeness (QED) is 0.373. The van der Waals surface area contributed by atoms with Crippen molar-refractivity contribution >= 4 is 11.8 Å². The zero-order valence-electron chi connectivity index (χ0n) is 12.1. The number of carboxylic acids is 1. The summed E-state index contributed by atoms with van der Waals surface area (Å²) in [4.78, 5) is 25.5. The minimum atomic E-state index is -1.21. The van der Waals surface area contributed by atoms with Gasteiger partial charge in [0.05, 0.1) is 7.11 Å². The molecular weight excluding hydrogens is 258 g/mol. The number of carbonyl (C=O) groups is 2. The summed E-state index contributed by atoms with van der Waals surface area (Å²) in [6.45, 7) is 1.82. The third kappa shape index (κ3) is 3.38. The van der Waals surface area contributed by atoms with E-state index in [1.807, 2.05) is 6.92 Å². The van der Waals surface area contributed by atoms with Crippen LogP contribution in [0, 0.1) is 0 Å². The maximum absolute atomic E-state index is 12.4. The molecule has 0 unspecified atom stereocenters. The van der Waals surface area contributed by atoms with Gasteiger partial charge in [0.15, 0.2) is 0 Å². The number of nitrogens with zero attached hydrogens (tertiary/aromatic N) is 1. The monoisotopic (exact) mass is 277 g/mol. The zero-order chi connectivity index (χ0) is 15.3. The van der Waals surface area contributed by atoms with Crippen LogP contribution in [0.3, 0.4) is 0 Å². The standard InChI is InChI=1S/C15H19NO4/c1-5-12(16(2)3)13(15(18)19)14(17)10-6-8-11(20-4)9-7-10/h6-9H,5H2,1-4H3,(H,18,19). The molecule has 0 aliphatic carbocycles. The number of rotatable bonds is 6. The minimum absolute atomic E-state index is 0.192. The fourth-order valence-electron chi connectivity index (χ4n) is 1.95. The molecule has 5 heteroatoms. The Labute approximate surface area is 118 Å². The third-order valence-corrected chi connectivity index (χ3v) is 2.96. The predicted molar refractivity (Wildman–Crippen MR) is 76.0 cm³/mol. The maximum atomic E-state index is 12.4. The van der Waals surface area contributed by atoms with E-state index in [2.05, 4.69) is 0 Å². The van der Waals surface area contributed by atoms with Gasteiger partial charge in [-0.3, -0.25) is 4.79 Å². The summed E-state index contributed by atoms with van der Waals surface area (Å²) in [6.07, 6.45) is 0.469. The van der Waals surface area contributed by atoms with Gasteiger partial charge in [-0.1, -0.05) is 6.92 Å². The molecule has 20 heavy (non-hydrogen) atoms. The molecule has 0 amide bonds. The summed E-state index contributed by atoms with van der Waals surface area (Å²) in [5.74, 6) is -1.09. The van der Waals surface area contributed by atoms with E-state index in [0.29, 0.717) is 23.4 Å². The number of Topliss-reactive ketones (excluding diaryl/α,β-unsaturated/α-hetero) is 1. The molecule has 0 spiro atoms. The second kappa shape index (κ2) is 6.75. The highest BCUT2D eigenvalue weighted by Gasteiger charge is 2.24. The molecule has 0 fully saturated rings. The van der Waals surface area contributed by atoms with Crippen LogP contribution in [-0.4, -0.2) is 43.0 Å². The number of aliphatic carboxylic acids is 1. The van der Waals surface area contributed by atoms with E-state index in [4.69, 9.17) is 4.74 Å². The van der Waals surface area contributed by atoms with Crippen LogP contribution in [0.4, 0.5) is 0 Å². The number of ether oxygens (including phenoxy) is 1. The number of hydrogen-bond acceptors (Lipinski definition) is 4. The van der Waals surface area contributed by atoms with Crippen molar-refractivity contribution in [2.45, 2.75) is 13.3 Å². The average Bonchev–Trinajstić information content (AvgIpc) is 2.43. The van der Waals surface area contributed by atoms with Crippen LogP contribution in [-0.2, 0) is 4.79 Å². The zero-order valence-corrected chi connectivity index (χ0v) is 12.1. The number of carboxylic acid groups (broad SMARTS) is 1. The van der Waals surface area contributed by atoms with E-state index in [1.165, 1.54) is 7.11 Å². The molecule has 0 bridgehead atoms. The molecule has 108 valence electrons. The van der Waals surface area contributed by atoms with Gasteiger partial charge in [0.25, 0.3) is 0 Å². The van der Waals surface area contributed by atoms with Gasteiger partial charge in [0, 0.05) is 25.4 Å². The van der Waals surface area contributed by atoms with E-state index in [-0.39, 0.29) is 5.57 Å².